The molecule has 0 fully saturated rings. The number of amides is 2. The fourth-order valence-corrected chi connectivity index (χ4v) is 5.49. The Balaban J connectivity index is 1.48. The first-order valence-electron chi connectivity index (χ1n) is 13.0. The van der Waals surface area contributed by atoms with Gasteiger partial charge in [-0.05, 0) is 89.1 Å². The van der Waals surface area contributed by atoms with Crippen molar-refractivity contribution in [2.75, 3.05) is 18.9 Å². The molecule has 0 bridgehead atoms. The van der Waals surface area contributed by atoms with Crippen molar-refractivity contribution in [3.05, 3.63) is 121 Å². The van der Waals surface area contributed by atoms with Crippen LogP contribution in [0.5, 0.6) is 0 Å². The minimum absolute atomic E-state index is 0.154. The first kappa shape index (κ1) is 27.7. The maximum Gasteiger partial charge on any atom is 0.261 e. The topological polar surface area (TPSA) is 101 Å². The fraction of sp³-hybridized carbons (Fsp3) is 0.133. The molecule has 2 aromatic heterocycles. The molecule has 0 radical (unpaired) electrons. The lowest BCUT2D eigenvalue weighted by atomic mass is 10.0. The Morgan fingerprint density at radius 3 is 2.43 bits per heavy atom. The first-order valence-corrected chi connectivity index (χ1v) is 14.2. The summed E-state index contributed by atoms with van der Waals surface area (Å²) in [5.74, 6) is -0.835. The minimum atomic E-state index is -0.376. The number of carbonyl (C=O) groups excluding carboxylic acids is 2. The van der Waals surface area contributed by atoms with Crippen LogP contribution in [-0.4, -0.2) is 44.5 Å². The number of anilines is 2. The molecule has 0 saturated heterocycles. The molecular formula is C30H23BrClFN6O3. The van der Waals surface area contributed by atoms with E-state index in [0.29, 0.717) is 67.6 Å². The zero-order valence-electron chi connectivity index (χ0n) is 22.2. The lowest BCUT2D eigenvalue weighted by molar-refractivity contribution is 0.0729. The number of nitrogens with one attached hydrogen (secondary N) is 2. The van der Waals surface area contributed by atoms with Crippen molar-refractivity contribution in [1.82, 2.24) is 24.4 Å². The first-order chi connectivity index (χ1) is 20.2. The van der Waals surface area contributed by atoms with Crippen LogP contribution in [0, 0.1) is 5.82 Å². The fourth-order valence-electron chi connectivity index (χ4n) is 5.07. The molecule has 42 heavy (non-hydrogen) atoms. The standard InChI is InChI=1S/C30H23BrClFN6O3/c1-34-27(40)17-2-9-21(10-3-17)38-28-25(36-20-7-5-19(33)6-8-20)15-35-39(28)26-16-37(13-12-22(26)30(38)42)29(41)18-4-11-23(31)24(32)14-18/h2-11,14-15,36H,12-13,16H2,1H3,(H,34,40). The number of benzene rings is 3. The molecule has 0 aliphatic carbocycles. The van der Waals surface area contributed by atoms with Gasteiger partial charge in [0, 0.05) is 40.4 Å². The molecule has 0 spiro atoms. The molecule has 12 heteroatoms. The summed E-state index contributed by atoms with van der Waals surface area (Å²) in [4.78, 5) is 41.3. The molecule has 2 amide bonds. The number of hydrogen-bond acceptors (Lipinski definition) is 5. The summed E-state index contributed by atoms with van der Waals surface area (Å²) in [5, 5.41) is 10.9. The smallest absolute Gasteiger partial charge is 0.261 e. The van der Waals surface area contributed by atoms with Crippen LogP contribution >= 0.6 is 27.5 Å². The Kier molecular flexibility index (Phi) is 7.29. The van der Waals surface area contributed by atoms with E-state index >= 15 is 0 Å². The predicted molar refractivity (Wildman–Crippen MR) is 161 cm³/mol. The predicted octanol–water partition coefficient (Wildman–Crippen LogP) is 5.34. The van der Waals surface area contributed by atoms with Gasteiger partial charge in [0.1, 0.15) is 11.5 Å². The average Bonchev–Trinajstić information content (AvgIpc) is 3.42. The van der Waals surface area contributed by atoms with Crippen molar-refractivity contribution >= 4 is 56.4 Å². The van der Waals surface area contributed by atoms with Crippen molar-refractivity contribution < 1.29 is 14.0 Å². The minimum Gasteiger partial charge on any atom is -0.355 e. The number of aromatic nitrogens is 3. The molecule has 0 atom stereocenters. The lowest BCUT2D eigenvalue weighted by Gasteiger charge is -2.29. The van der Waals surface area contributed by atoms with Gasteiger partial charge in [0.15, 0.2) is 5.65 Å². The van der Waals surface area contributed by atoms with Crippen molar-refractivity contribution in [1.29, 1.82) is 0 Å². The van der Waals surface area contributed by atoms with Gasteiger partial charge < -0.3 is 15.5 Å². The second-order valence-corrected chi connectivity index (χ2v) is 11.0. The zero-order chi connectivity index (χ0) is 29.5. The van der Waals surface area contributed by atoms with Crippen LogP contribution in [0.3, 0.4) is 0 Å². The van der Waals surface area contributed by atoms with E-state index < -0.39 is 0 Å². The Morgan fingerprint density at radius 1 is 1.02 bits per heavy atom. The Morgan fingerprint density at radius 2 is 1.74 bits per heavy atom. The van der Waals surface area contributed by atoms with E-state index in [9.17, 15) is 18.8 Å². The molecule has 6 rings (SSSR count). The van der Waals surface area contributed by atoms with E-state index in [-0.39, 0.29) is 29.7 Å². The molecule has 3 heterocycles. The van der Waals surface area contributed by atoms with E-state index in [0.717, 1.165) is 0 Å². The van der Waals surface area contributed by atoms with Gasteiger partial charge in [-0.3, -0.25) is 19.0 Å². The molecule has 5 aromatic rings. The van der Waals surface area contributed by atoms with Crippen LogP contribution in [0.2, 0.25) is 5.02 Å². The second-order valence-electron chi connectivity index (χ2n) is 9.72. The van der Waals surface area contributed by atoms with E-state index in [1.807, 2.05) is 0 Å². The van der Waals surface area contributed by atoms with Crippen LogP contribution in [-0.2, 0) is 13.0 Å². The number of nitrogens with zero attached hydrogens (tertiary/aromatic N) is 4. The van der Waals surface area contributed by atoms with Crippen LogP contribution in [0.1, 0.15) is 32.0 Å². The molecule has 212 valence electrons. The van der Waals surface area contributed by atoms with Crippen molar-refractivity contribution in [3.8, 4) is 5.69 Å². The van der Waals surface area contributed by atoms with Gasteiger partial charge in [0.05, 0.1) is 29.1 Å². The summed E-state index contributed by atoms with van der Waals surface area (Å²) < 4.78 is 17.4. The maximum atomic E-state index is 14.1. The lowest BCUT2D eigenvalue weighted by Crippen LogP contribution is -2.41. The maximum absolute atomic E-state index is 14.1. The number of fused-ring (bicyclic) bond motifs is 3. The number of carbonyl (C=O) groups is 2. The van der Waals surface area contributed by atoms with E-state index in [4.69, 9.17) is 11.6 Å². The zero-order valence-corrected chi connectivity index (χ0v) is 24.5. The molecule has 2 N–H and O–H groups in total. The largest absolute Gasteiger partial charge is 0.355 e. The van der Waals surface area contributed by atoms with E-state index in [1.165, 1.54) is 16.7 Å². The van der Waals surface area contributed by atoms with Crippen LogP contribution in [0.4, 0.5) is 15.8 Å². The number of rotatable bonds is 5. The van der Waals surface area contributed by atoms with Gasteiger partial charge in [-0.25, -0.2) is 8.91 Å². The summed E-state index contributed by atoms with van der Waals surface area (Å²) in [7, 11) is 1.55. The second kappa shape index (κ2) is 11.1. The van der Waals surface area contributed by atoms with Gasteiger partial charge in [-0.1, -0.05) is 11.6 Å². The Labute approximate surface area is 252 Å². The molecule has 3 aromatic carbocycles. The highest BCUT2D eigenvalue weighted by atomic mass is 79.9. The Bertz CT molecular complexity index is 1920. The van der Waals surface area contributed by atoms with E-state index in [2.05, 4.69) is 31.7 Å². The summed E-state index contributed by atoms with van der Waals surface area (Å²) >= 11 is 9.59. The van der Waals surface area contributed by atoms with Crippen molar-refractivity contribution in [3.63, 3.8) is 0 Å². The third-order valence-corrected chi connectivity index (χ3v) is 8.42. The van der Waals surface area contributed by atoms with Crippen molar-refractivity contribution in [2.45, 2.75) is 13.0 Å². The monoisotopic (exact) mass is 648 g/mol. The van der Waals surface area contributed by atoms with Gasteiger partial charge in [0.25, 0.3) is 17.4 Å². The molecule has 1 aliphatic heterocycles. The molecule has 0 saturated carbocycles. The summed E-state index contributed by atoms with van der Waals surface area (Å²) in [6.45, 7) is 0.486. The number of halogens is 3. The highest BCUT2D eigenvalue weighted by Crippen LogP contribution is 2.29. The summed E-state index contributed by atoms with van der Waals surface area (Å²) in [6.07, 6.45) is 1.90. The quantitative estimate of drug-likeness (QED) is 0.268. The van der Waals surface area contributed by atoms with Crippen molar-refractivity contribution in [2.24, 2.45) is 0 Å². The third-order valence-electron chi connectivity index (χ3n) is 7.18. The van der Waals surface area contributed by atoms with Crippen LogP contribution < -0.4 is 16.2 Å². The van der Waals surface area contributed by atoms with Gasteiger partial charge >= 0.3 is 0 Å². The normalized spacial score (nSPS) is 12.7. The Hall–Kier alpha value is -4.48. The average molecular weight is 650 g/mol. The highest BCUT2D eigenvalue weighted by molar-refractivity contribution is 9.10. The molecular weight excluding hydrogens is 627 g/mol. The van der Waals surface area contributed by atoms with Crippen LogP contribution in [0.25, 0.3) is 11.3 Å². The van der Waals surface area contributed by atoms with E-state index in [1.54, 1.807) is 77.3 Å². The number of hydrogen-bond donors (Lipinski definition) is 2. The van der Waals surface area contributed by atoms with Crippen LogP contribution in [0.15, 0.2) is 82.2 Å². The van der Waals surface area contributed by atoms with Gasteiger partial charge in [-0.2, -0.15) is 5.10 Å². The molecule has 0 unspecified atom stereocenters. The molecule has 1 aliphatic rings. The SMILES string of the molecule is CNC(=O)c1ccc(-n2c(=O)c3c(n4ncc(Nc5ccc(F)cc5)c24)CN(C(=O)c2ccc(Br)c(Cl)c2)CC3)cc1. The molecule has 9 nitrogen and oxygen atoms in total. The van der Waals surface area contributed by atoms with Gasteiger partial charge in [-0.15, -0.1) is 0 Å². The highest BCUT2D eigenvalue weighted by Gasteiger charge is 2.29. The van der Waals surface area contributed by atoms with Gasteiger partial charge in [0.2, 0.25) is 0 Å². The summed E-state index contributed by atoms with van der Waals surface area (Å²) in [6, 6.07) is 17.5. The third kappa shape index (κ3) is 4.94. The summed E-state index contributed by atoms with van der Waals surface area (Å²) in [5.41, 5.74) is 3.81.